The van der Waals surface area contributed by atoms with Gasteiger partial charge < -0.3 is 15.1 Å². The second-order valence-corrected chi connectivity index (χ2v) is 7.45. The van der Waals surface area contributed by atoms with Gasteiger partial charge in [0.1, 0.15) is 6.26 Å². The molecule has 0 saturated carbocycles. The van der Waals surface area contributed by atoms with E-state index in [2.05, 4.69) is 36.6 Å². The molecule has 0 unspecified atom stereocenters. The molecule has 1 saturated heterocycles. The summed E-state index contributed by atoms with van der Waals surface area (Å²) in [6, 6.07) is 16.4. The van der Waals surface area contributed by atoms with Gasteiger partial charge in [-0.25, -0.2) is 4.98 Å². The minimum Gasteiger partial charge on any atom is -0.444 e. The molecule has 4 rings (SSSR count). The molecule has 0 amide bonds. The molecule has 3 aromatic rings. The molecule has 1 aliphatic rings. The number of hydrogen-bond donors (Lipinski definition) is 2. The van der Waals surface area contributed by atoms with Crippen molar-refractivity contribution in [2.75, 3.05) is 20.1 Å². The summed E-state index contributed by atoms with van der Waals surface area (Å²) in [4.78, 5) is 15.8. The minimum atomic E-state index is 0. The molecule has 1 fully saturated rings. The number of halogens is 1. The average molecular weight is 532 g/mol. The van der Waals surface area contributed by atoms with Crippen LogP contribution in [0.3, 0.4) is 0 Å². The van der Waals surface area contributed by atoms with Crippen molar-refractivity contribution in [3.05, 3.63) is 72.4 Å². The number of aliphatic imine (C=N–C) groups is 1. The third-order valence-corrected chi connectivity index (χ3v) is 5.27. The summed E-state index contributed by atoms with van der Waals surface area (Å²) in [5.41, 5.74) is 2.95. The highest BCUT2D eigenvalue weighted by molar-refractivity contribution is 14.0. The summed E-state index contributed by atoms with van der Waals surface area (Å²) in [6.07, 6.45) is 5.71. The molecular formula is C23H29IN6O. The predicted octanol–water partition coefficient (Wildman–Crippen LogP) is 3.68. The summed E-state index contributed by atoms with van der Waals surface area (Å²) in [6.45, 7) is 3.58. The molecule has 3 heterocycles. The Hall–Kier alpha value is -2.46. The number of piperidine rings is 1. The molecule has 164 valence electrons. The summed E-state index contributed by atoms with van der Waals surface area (Å²) < 4.78 is 5.61. The van der Waals surface area contributed by atoms with Gasteiger partial charge in [-0.2, -0.15) is 0 Å². The second-order valence-electron chi connectivity index (χ2n) is 7.45. The van der Waals surface area contributed by atoms with Crippen molar-refractivity contribution in [1.29, 1.82) is 0 Å². The highest BCUT2D eigenvalue weighted by atomic mass is 127. The number of hydrogen-bond acceptors (Lipinski definition) is 5. The maximum Gasteiger partial charge on any atom is 0.226 e. The lowest BCUT2D eigenvalue weighted by Crippen LogP contribution is -2.48. The van der Waals surface area contributed by atoms with Crippen LogP contribution in [-0.4, -0.2) is 47.0 Å². The smallest absolute Gasteiger partial charge is 0.226 e. The van der Waals surface area contributed by atoms with Crippen LogP contribution in [0.25, 0.3) is 11.5 Å². The Kier molecular flexibility index (Phi) is 8.84. The highest BCUT2D eigenvalue weighted by Gasteiger charge is 2.20. The molecule has 2 N–H and O–H groups in total. The number of nitrogens with zero attached hydrogens (tertiary/aromatic N) is 4. The largest absolute Gasteiger partial charge is 0.444 e. The highest BCUT2D eigenvalue weighted by Crippen LogP contribution is 2.18. The number of benzene rings is 1. The van der Waals surface area contributed by atoms with Gasteiger partial charge in [-0.3, -0.25) is 14.9 Å². The third-order valence-electron chi connectivity index (χ3n) is 5.27. The van der Waals surface area contributed by atoms with E-state index >= 15 is 0 Å². The molecule has 0 bridgehead atoms. The van der Waals surface area contributed by atoms with Crippen LogP contribution >= 0.6 is 24.0 Å². The van der Waals surface area contributed by atoms with E-state index in [-0.39, 0.29) is 24.0 Å². The molecule has 0 aliphatic carbocycles. The lowest BCUT2D eigenvalue weighted by molar-refractivity contribution is 0.196. The first-order chi connectivity index (χ1) is 14.8. The Bertz CT molecular complexity index is 939. The van der Waals surface area contributed by atoms with Crippen LogP contribution in [0, 0.1) is 0 Å². The zero-order valence-corrected chi connectivity index (χ0v) is 20.0. The molecule has 8 heteroatoms. The summed E-state index contributed by atoms with van der Waals surface area (Å²) in [5.74, 6) is 1.43. The Morgan fingerprint density at radius 2 is 1.87 bits per heavy atom. The number of aromatic nitrogens is 2. The van der Waals surface area contributed by atoms with E-state index in [4.69, 9.17) is 4.42 Å². The van der Waals surface area contributed by atoms with Crippen LogP contribution in [0.2, 0.25) is 0 Å². The normalized spacial score (nSPS) is 15.3. The minimum absolute atomic E-state index is 0. The fraction of sp³-hybridized carbons (Fsp3) is 0.348. The van der Waals surface area contributed by atoms with E-state index in [1.807, 2.05) is 48.7 Å². The summed E-state index contributed by atoms with van der Waals surface area (Å²) in [7, 11) is 1.80. The van der Waals surface area contributed by atoms with Gasteiger partial charge in [0.25, 0.3) is 0 Å². The Balaban J connectivity index is 0.00000272. The van der Waals surface area contributed by atoms with Crippen LogP contribution in [0.4, 0.5) is 0 Å². The molecule has 2 aromatic heterocycles. The third kappa shape index (κ3) is 6.76. The molecule has 31 heavy (non-hydrogen) atoms. The Morgan fingerprint density at radius 1 is 1.10 bits per heavy atom. The van der Waals surface area contributed by atoms with E-state index in [1.54, 1.807) is 13.3 Å². The molecule has 1 aliphatic heterocycles. The zero-order valence-electron chi connectivity index (χ0n) is 17.7. The molecule has 1 aromatic carbocycles. The molecule has 0 atom stereocenters. The fourth-order valence-electron chi connectivity index (χ4n) is 3.62. The average Bonchev–Trinajstić information content (AvgIpc) is 3.28. The van der Waals surface area contributed by atoms with Crippen LogP contribution in [-0.2, 0) is 13.1 Å². The number of pyridine rings is 1. The lowest BCUT2D eigenvalue weighted by Gasteiger charge is -2.32. The summed E-state index contributed by atoms with van der Waals surface area (Å²) in [5, 5.41) is 6.88. The molecule has 0 spiro atoms. The molecule has 7 nitrogen and oxygen atoms in total. The quantitative estimate of drug-likeness (QED) is 0.287. The first-order valence-electron chi connectivity index (χ1n) is 10.4. The van der Waals surface area contributed by atoms with E-state index < -0.39 is 0 Å². The van der Waals surface area contributed by atoms with Crippen LogP contribution in [0.15, 0.2) is 70.4 Å². The topological polar surface area (TPSA) is 78.6 Å². The van der Waals surface area contributed by atoms with Crippen molar-refractivity contribution in [1.82, 2.24) is 25.5 Å². The van der Waals surface area contributed by atoms with E-state index in [0.29, 0.717) is 18.5 Å². The maximum absolute atomic E-state index is 5.61. The number of rotatable bonds is 6. The number of nitrogens with one attached hydrogen (secondary N) is 2. The van der Waals surface area contributed by atoms with Gasteiger partial charge in [0.15, 0.2) is 5.96 Å². The van der Waals surface area contributed by atoms with E-state index in [0.717, 1.165) is 55.4 Å². The molecular weight excluding hydrogens is 503 g/mol. The van der Waals surface area contributed by atoms with Gasteiger partial charge in [-0.15, -0.1) is 24.0 Å². The number of likely N-dealkylation sites (tertiary alicyclic amines) is 1. The zero-order chi connectivity index (χ0) is 20.6. The Morgan fingerprint density at radius 3 is 2.58 bits per heavy atom. The predicted molar refractivity (Wildman–Crippen MR) is 133 cm³/mol. The van der Waals surface area contributed by atoms with Gasteiger partial charge >= 0.3 is 0 Å². The monoisotopic (exact) mass is 532 g/mol. The second kappa shape index (κ2) is 11.8. The van der Waals surface area contributed by atoms with Crippen molar-refractivity contribution < 1.29 is 4.42 Å². The Labute approximate surface area is 200 Å². The van der Waals surface area contributed by atoms with Crippen molar-refractivity contribution in [2.45, 2.75) is 32.0 Å². The van der Waals surface area contributed by atoms with Crippen molar-refractivity contribution in [3.63, 3.8) is 0 Å². The number of guanidine groups is 1. The van der Waals surface area contributed by atoms with Crippen molar-refractivity contribution in [3.8, 4) is 11.5 Å². The van der Waals surface area contributed by atoms with E-state index in [9.17, 15) is 0 Å². The van der Waals surface area contributed by atoms with Gasteiger partial charge in [-0.05, 0) is 37.1 Å². The number of oxazole rings is 1. The van der Waals surface area contributed by atoms with Crippen molar-refractivity contribution in [2.24, 2.45) is 4.99 Å². The van der Waals surface area contributed by atoms with Gasteiger partial charge in [-0.1, -0.05) is 24.3 Å². The maximum atomic E-state index is 5.61. The summed E-state index contributed by atoms with van der Waals surface area (Å²) >= 11 is 0. The van der Waals surface area contributed by atoms with Gasteiger partial charge in [0.2, 0.25) is 5.89 Å². The standard InChI is InChI=1S/C23H28N6O.HI/c1-24-23(26-15-21-17-30-22(27-21)18-7-3-2-4-8-18)28-19-10-13-29(14-11-19)16-20-9-5-6-12-25-20;/h2-9,12,17,19H,10-11,13-16H2,1H3,(H2,24,26,28);1H. The van der Waals surface area contributed by atoms with Crippen LogP contribution in [0.1, 0.15) is 24.2 Å². The SMILES string of the molecule is CN=C(NCc1coc(-c2ccccc2)n1)NC1CCN(Cc2ccccn2)CC1.I. The first kappa shape index (κ1) is 23.2. The van der Waals surface area contributed by atoms with Gasteiger partial charge in [0, 0.05) is 44.5 Å². The first-order valence-corrected chi connectivity index (χ1v) is 10.4. The van der Waals surface area contributed by atoms with Crippen molar-refractivity contribution >= 4 is 29.9 Å². The molecule has 0 radical (unpaired) electrons. The fourth-order valence-corrected chi connectivity index (χ4v) is 3.62. The lowest BCUT2D eigenvalue weighted by atomic mass is 10.0. The van der Waals surface area contributed by atoms with Crippen LogP contribution < -0.4 is 10.6 Å². The van der Waals surface area contributed by atoms with Gasteiger partial charge in [0.05, 0.1) is 17.9 Å². The van der Waals surface area contributed by atoms with E-state index in [1.165, 1.54) is 0 Å². The van der Waals surface area contributed by atoms with Crippen LogP contribution in [0.5, 0.6) is 0 Å².